The molecular weight excluding hydrogens is 284 g/mol. The van der Waals surface area contributed by atoms with Gasteiger partial charge in [-0.1, -0.05) is 31.2 Å². The van der Waals surface area contributed by atoms with Crippen LogP contribution in [0.1, 0.15) is 31.0 Å². The molecular formula is C16H20N2O2S. The van der Waals surface area contributed by atoms with Crippen LogP contribution >= 0.6 is 0 Å². The summed E-state index contributed by atoms with van der Waals surface area (Å²) in [6.07, 6.45) is 3.78. The molecule has 0 fully saturated rings. The summed E-state index contributed by atoms with van der Waals surface area (Å²) < 4.78 is 23.6. The van der Waals surface area contributed by atoms with E-state index in [0.29, 0.717) is 5.82 Å². The van der Waals surface area contributed by atoms with Crippen LogP contribution in [0.3, 0.4) is 0 Å². The van der Waals surface area contributed by atoms with Crippen molar-refractivity contribution in [3.8, 4) is 0 Å². The highest BCUT2D eigenvalue weighted by molar-refractivity contribution is 7.90. The van der Waals surface area contributed by atoms with E-state index in [2.05, 4.69) is 41.5 Å². The summed E-state index contributed by atoms with van der Waals surface area (Å²) in [4.78, 5) is 4.38. The minimum absolute atomic E-state index is 0.0219. The fourth-order valence-corrected chi connectivity index (χ4v) is 2.92. The highest BCUT2D eigenvalue weighted by Gasteiger charge is 2.16. The van der Waals surface area contributed by atoms with Crippen molar-refractivity contribution in [3.63, 3.8) is 0 Å². The summed E-state index contributed by atoms with van der Waals surface area (Å²) in [5, 5.41) is 3.18. The number of rotatable bonds is 5. The van der Waals surface area contributed by atoms with Crippen LogP contribution in [-0.4, -0.2) is 19.7 Å². The molecule has 1 atom stereocenters. The minimum atomic E-state index is -3.30. The maximum Gasteiger partial charge on any atom is 0.179 e. The van der Waals surface area contributed by atoms with Crippen LogP contribution in [0, 0.1) is 0 Å². The first-order chi connectivity index (χ1) is 9.91. The van der Waals surface area contributed by atoms with E-state index in [1.54, 1.807) is 18.3 Å². The van der Waals surface area contributed by atoms with Gasteiger partial charge < -0.3 is 5.32 Å². The predicted molar refractivity (Wildman–Crippen MR) is 85.2 cm³/mol. The molecule has 0 saturated carbocycles. The first kappa shape index (κ1) is 15.5. The zero-order chi connectivity index (χ0) is 15.5. The Bertz CT molecular complexity index is 709. The smallest absolute Gasteiger partial charge is 0.179 e. The Morgan fingerprint density at radius 1 is 1.19 bits per heavy atom. The van der Waals surface area contributed by atoms with E-state index >= 15 is 0 Å². The number of hydrogen-bond donors (Lipinski definition) is 1. The quantitative estimate of drug-likeness (QED) is 0.921. The molecule has 2 aromatic rings. The van der Waals surface area contributed by atoms with E-state index in [4.69, 9.17) is 0 Å². The first-order valence-electron chi connectivity index (χ1n) is 6.92. The average molecular weight is 304 g/mol. The average Bonchev–Trinajstić information content (AvgIpc) is 2.47. The van der Waals surface area contributed by atoms with Gasteiger partial charge in [0.25, 0.3) is 0 Å². The maximum absolute atomic E-state index is 11.8. The van der Waals surface area contributed by atoms with Crippen molar-refractivity contribution in [2.75, 3.05) is 11.6 Å². The molecule has 0 aliphatic carbocycles. The molecule has 0 spiro atoms. The van der Waals surface area contributed by atoms with Gasteiger partial charge in [-0.15, -0.1) is 0 Å². The van der Waals surface area contributed by atoms with Gasteiger partial charge in [0.15, 0.2) is 9.84 Å². The zero-order valence-corrected chi connectivity index (χ0v) is 13.3. The fourth-order valence-electron chi connectivity index (χ4n) is 2.13. The number of sulfone groups is 1. The van der Waals surface area contributed by atoms with Crippen LogP contribution in [0.4, 0.5) is 5.82 Å². The van der Waals surface area contributed by atoms with Gasteiger partial charge >= 0.3 is 0 Å². The molecule has 112 valence electrons. The molecule has 0 aliphatic heterocycles. The third-order valence-corrected chi connectivity index (χ3v) is 4.54. The summed E-state index contributed by atoms with van der Waals surface area (Å²) in [6, 6.07) is 11.5. The topological polar surface area (TPSA) is 59.1 Å². The van der Waals surface area contributed by atoms with Crippen LogP contribution in [0.15, 0.2) is 47.5 Å². The van der Waals surface area contributed by atoms with Crippen molar-refractivity contribution < 1.29 is 8.42 Å². The summed E-state index contributed by atoms with van der Waals surface area (Å²) >= 11 is 0. The lowest BCUT2D eigenvalue weighted by atomic mass is 10.1. The van der Waals surface area contributed by atoms with Gasteiger partial charge in [0.05, 0.1) is 0 Å². The number of pyridine rings is 1. The van der Waals surface area contributed by atoms with Gasteiger partial charge in [-0.3, -0.25) is 0 Å². The molecule has 1 heterocycles. The molecule has 5 heteroatoms. The normalized spacial score (nSPS) is 12.9. The number of aromatic nitrogens is 1. The Morgan fingerprint density at radius 2 is 1.86 bits per heavy atom. The lowest BCUT2D eigenvalue weighted by Gasteiger charge is -2.17. The van der Waals surface area contributed by atoms with E-state index in [0.717, 1.165) is 12.0 Å². The second-order valence-electron chi connectivity index (χ2n) is 5.08. The molecule has 0 aliphatic rings. The number of hydrogen-bond acceptors (Lipinski definition) is 4. The second kappa shape index (κ2) is 6.26. The zero-order valence-electron chi connectivity index (χ0n) is 12.5. The SMILES string of the molecule is CCc1ccc(C(C)Nc2ncccc2S(C)(=O)=O)cc1. The van der Waals surface area contributed by atoms with Gasteiger partial charge in [0, 0.05) is 18.5 Å². The lowest BCUT2D eigenvalue weighted by Crippen LogP contribution is -2.11. The monoisotopic (exact) mass is 304 g/mol. The molecule has 0 radical (unpaired) electrons. The number of aryl methyl sites for hydroxylation is 1. The van der Waals surface area contributed by atoms with Crippen molar-refractivity contribution >= 4 is 15.7 Å². The highest BCUT2D eigenvalue weighted by atomic mass is 32.2. The molecule has 1 aromatic carbocycles. The Morgan fingerprint density at radius 3 is 2.43 bits per heavy atom. The third-order valence-electron chi connectivity index (χ3n) is 3.41. The van der Waals surface area contributed by atoms with Crippen LogP contribution in [0.25, 0.3) is 0 Å². The standard InChI is InChI=1S/C16H20N2O2S/c1-4-13-7-9-14(10-8-13)12(2)18-16-15(21(3,19)20)6-5-11-17-16/h5-12H,4H2,1-3H3,(H,17,18). The third kappa shape index (κ3) is 3.82. The van der Waals surface area contributed by atoms with Gasteiger partial charge in [-0.05, 0) is 36.6 Å². The molecule has 4 nitrogen and oxygen atoms in total. The number of nitrogens with zero attached hydrogens (tertiary/aromatic N) is 1. The van der Waals surface area contributed by atoms with Crippen molar-refractivity contribution in [1.29, 1.82) is 0 Å². The van der Waals surface area contributed by atoms with E-state index in [-0.39, 0.29) is 10.9 Å². The van der Waals surface area contributed by atoms with Crippen molar-refractivity contribution in [3.05, 3.63) is 53.7 Å². The minimum Gasteiger partial charge on any atom is -0.362 e. The molecule has 0 bridgehead atoms. The van der Waals surface area contributed by atoms with Crippen LogP contribution in [0.5, 0.6) is 0 Å². The van der Waals surface area contributed by atoms with Crippen molar-refractivity contribution in [2.45, 2.75) is 31.2 Å². The molecule has 0 saturated heterocycles. The summed E-state index contributed by atoms with van der Waals surface area (Å²) in [6.45, 7) is 4.10. The molecule has 21 heavy (non-hydrogen) atoms. The Hall–Kier alpha value is -1.88. The largest absolute Gasteiger partial charge is 0.362 e. The molecule has 1 aromatic heterocycles. The second-order valence-corrected chi connectivity index (χ2v) is 7.07. The van der Waals surface area contributed by atoms with Crippen LogP contribution in [-0.2, 0) is 16.3 Å². The first-order valence-corrected chi connectivity index (χ1v) is 8.81. The molecule has 1 N–H and O–H groups in total. The summed E-state index contributed by atoms with van der Waals surface area (Å²) in [5.41, 5.74) is 2.37. The number of benzene rings is 1. The van der Waals surface area contributed by atoms with Crippen LogP contribution < -0.4 is 5.32 Å². The summed E-state index contributed by atoms with van der Waals surface area (Å²) in [7, 11) is -3.30. The number of nitrogens with one attached hydrogen (secondary N) is 1. The highest BCUT2D eigenvalue weighted by Crippen LogP contribution is 2.23. The fraction of sp³-hybridized carbons (Fsp3) is 0.312. The predicted octanol–water partition coefficient (Wildman–Crippen LogP) is 3.22. The molecule has 0 amide bonds. The summed E-state index contributed by atoms with van der Waals surface area (Å²) in [5.74, 6) is 0.395. The lowest BCUT2D eigenvalue weighted by molar-refractivity contribution is 0.601. The van der Waals surface area contributed by atoms with Crippen molar-refractivity contribution in [2.24, 2.45) is 0 Å². The van der Waals surface area contributed by atoms with Crippen molar-refractivity contribution in [1.82, 2.24) is 4.98 Å². The van der Waals surface area contributed by atoms with E-state index in [9.17, 15) is 8.42 Å². The maximum atomic E-state index is 11.8. The molecule has 2 rings (SSSR count). The van der Waals surface area contributed by atoms with Gasteiger partial charge in [0.1, 0.15) is 10.7 Å². The van der Waals surface area contributed by atoms with Gasteiger partial charge in [-0.2, -0.15) is 0 Å². The Kier molecular flexibility index (Phi) is 4.63. The number of anilines is 1. The van der Waals surface area contributed by atoms with Gasteiger partial charge in [0.2, 0.25) is 0 Å². The molecule has 1 unspecified atom stereocenters. The Balaban J connectivity index is 2.25. The van der Waals surface area contributed by atoms with Crippen LogP contribution in [0.2, 0.25) is 0 Å². The Labute approximate surface area is 126 Å². The van der Waals surface area contributed by atoms with E-state index in [1.165, 1.54) is 11.8 Å². The van der Waals surface area contributed by atoms with Gasteiger partial charge in [-0.25, -0.2) is 13.4 Å². The van der Waals surface area contributed by atoms with E-state index in [1.807, 2.05) is 6.92 Å². The van der Waals surface area contributed by atoms with E-state index < -0.39 is 9.84 Å².